The third-order valence-corrected chi connectivity index (χ3v) is 1.84. The molecule has 0 spiro atoms. The van der Waals surface area contributed by atoms with E-state index in [4.69, 9.17) is 22.9 Å². The molecule has 0 bridgehead atoms. The van der Waals surface area contributed by atoms with Crippen LogP contribution in [-0.4, -0.2) is 6.54 Å². The molecule has 4 nitrogen and oxygen atoms in total. The quantitative estimate of drug-likeness (QED) is 0.257. The Morgan fingerprint density at radius 3 is 3.00 bits per heavy atom. The van der Waals surface area contributed by atoms with Gasteiger partial charge in [-0.3, -0.25) is 0 Å². The van der Waals surface area contributed by atoms with Crippen LogP contribution in [0.3, 0.4) is 0 Å². The molecule has 0 amide bonds. The van der Waals surface area contributed by atoms with E-state index in [1.165, 1.54) is 6.07 Å². The first-order valence-corrected chi connectivity index (χ1v) is 4.27. The Labute approximate surface area is 90.5 Å². The van der Waals surface area contributed by atoms with Crippen LogP contribution in [0.15, 0.2) is 17.2 Å². The maximum Gasteiger partial charge on any atom is 0.126 e. The number of anilines is 1. The molecule has 1 rings (SSSR count). The number of nitrogens with two attached hydrogens (primary N) is 1. The van der Waals surface area contributed by atoms with Crippen molar-refractivity contribution in [3.8, 4) is 11.8 Å². The van der Waals surface area contributed by atoms with Gasteiger partial charge < -0.3 is 5.73 Å². The van der Waals surface area contributed by atoms with E-state index in [1.54, 1.807) is 0 Å². The van der Waals surface area contributed by atoms with E-state index in [9.17, 15) is 4.39 Å². The Morgan fingerprint density at radius 2 is 2.33 bits per heavy atom. The van der Waals surface area contributed by atoms with Crippen molar-refractivity contribution < 1.29 is 4.39 Å². The molecule has 1 aromatic carbocycles. The molecule has 0 aliphatic carbocycles. The largest absolute Gasteiger partial charge is 0.397 e. The Hall–Kier alpha value is -1.89. The predicted molar refractivity (Wildman–Crippen MR) is 56.7 cm³/mol. The summed E-state index contributed by atoms with van der Waals surface area (Å²) in [6, 6.07) is 2.28. The highest BCUT2D eigenvalue weighted by Gasteiger charge is 2.03. The van der Waals surface area contributed by atoms with Crippen LogP contribution in [0.4, 0.5) is 10.1 Å². The zero-order valence-corrected chi connectivity index (χ0v) is 8.29. The summed E-state index contributed by atoms with van der Waals surface area (Å²) in [6.07, 6.45) is 0. The van der Waals surface area contributed by atoms with Gasteiger partial charge in [0, 0.05) is 4.91 Å². The highest BCUT2D eigenvalue weighted by molar-refractivity contribution is 6.33. The number of nitrogen functional groups attached to an aromatic ring is 1. The van der Waals surface area contributed by atoms with E-state index in [0.717, 1.165) is 6.07 Å². The first kappa shape index (κ1) is 11.2. The van der Waals surface area contributed by atoms with Crippen LogP contribution in [-0.2, 0) is 0 Å². The summed E-state index contributed by atoms with van der Waals surface area (Å²) >= 11 is 5.64. The first-order chi connectivity index (χ1) is 7.15. The van der Waals surface area contributed by atoms with Crippen LogP contribution in [0.2, 0.25) is 5.02 Å². The van der Waals surface area contributed by atoms with Crippen LogP contribution in [0.25, 0.3) is 10.4 Å². The molecule has 0 radical (unpaired) electrons. The van der Waals surface area contributed by atoms with E-state index < -0.39 is 5.82 Å². The van der Waals surface area contributed by atoms with Crippen molar-refractivity contribution in [3.05, 3.63) is 39.0 Å². The van der Waals surface area contributed by atoms with Crippen molar-refractivity contribution in [2.24, 2.45) is 5.11 Å². The normalized spacial score (nSPS) is 8.67. The van der Waals surface area contributed by atoms with Crippen molar-refractivity contribution in [2.75, 3.05) is 12.3 Å². The molecule has 6 heteroatoms. The number of rotatable bonds is 1. The van der Waals surface area contributed by atoms with E-state index in [2.05, 4.69) is 21.9 Å². The molecule has 76 valence electrons. The number of hydrogen-bond acceptors (Lipinski definition) is 2. The second kappa shape index (κ2) is 5.11. The van der Waals surface area contributed by atoms with Crippen molar-refractivity contribution in [1.82, 2.24) is 0 Å². The van der Waals surface area contributed by atoms with Crippen LogP contribution in [0.1, 0.15) is 5.56 Å². The molecule has 0 fully saturated rings. The van der Waals surface area contributed by atoms with Gasteiger partial charge in [-0.25, -0.2) is 4.39 Å². The van der Waals surface area contributed by atoms with Crippen molar-refractivity contribution in [2.45, 2.75) is 0 Å². The van der Waals surface area contributed by atoms with E-state index in [1.807, 2.05) is 0 Å². The third kappa shape index (κ3) is 3.06. The lowest BCUT2D eigenvalue weighted by Crippen LogP contribution is -1.93. The third-order valence-electron chi connectivity index (χ3n) is 1.53. The molecule has 0 aromatic heterocycles. The Morgan fingerprint density at radius 1 is 1.60 bits per heavy atom. The maximum atomic E-state index is 12.9. The second-order valence-electron chi connectivity index (χ2n) is 2.54. The van der Waals surface area contributed by atoms with Gasteiger partial charge in [-0.1, -0.05) is 28.6 Å². The SMILES string of the molecule is [N-]=[N+]=NCC#Cc1cc(F)cc(Cl)c1N. The zero-order chi connectivity index (χ0) is 11.3. The summed E-state index contributed by atoms with van der Waals surface area (Å²) < 4.78 is 12.9. The van der Waals surface area contributed by atoms with Gasteiger partial charge in [-0.05, 0) is 17.7 Å². The van der Waals surface area contributed by atoms with E-state index in [0.29, 0.717) is 0 Å². The van der Waals surface area contributed by atoms with Gasteiger partial charge in [0.2, 0.25) is 0 Å². The fraction of sp³-hybridized carbons (Fsp3) is 0.111. The van der Waals surface area contributed by atoms with Gasteiger partial charge in [-0.15, -0.1) is 0 Å². The smallest absolute Gasteiger partial charge is 0.126 e. The van der Waals surface area contributed by atoms with Gasteiger partial charge in [0.15, 0.2) is 0 Å². The molecule has 0 aliphatic heterocycles. The molecule has 0 saturated heterocycles. The summed E-state index contributed by atoms with van der Waals surface area (Å²) in [4.78, 5) is 2.52. The Balaban J connectivity index is 3.02. The minimum absolute atomic E-state index is 0.00404. The molecular weight excluding hydrogens is 219 g/mol. The summed E-state index contributed by atoms with van der Waals surface area (Å²) in [7, 11) is 0. The minimum Gasteiger partial charge on any atom is -0.397 e. The topological polar surface area (TPSA) is 74.8 Å². The van der Waals surface area contributed by atoms with Crippen LogP contribution in [0, 0.1) is 17.7 Å². The number of azide groups is 1. The molecule has 0 heterocycles. The molecule has 0 atom stereocenters. The van der Waals surface area contributed by atoms with Gasteiger partial charge in [-0.2, -0.15) is 0 Å². The van der Waals surface area contributed by atoms with Crippen LogP contribution < -0.4 is 5.73 Å². The van der Waals surface area contributed by atoms with Gasteiger partial charge in [0.05, 0.1) is 22.8 Å². The van der Waals surface area contributed by atoms with Crippen molar-refractivity contribution >= 4 is 17.3 Å². The van der Waals surface area contributed by atoms with Crippen LogP contribution >= 0.6 is 11.6 Å². The summed E-state index contributed by atoms with van der Waals surface area (Å²) in [5, 5.41) is 3.31. The Kier molecular flexibility index (Phi) is 3.81. The fourth-order valence-corrected chi connectivity index (χ4v) is 1.10. The molecule has 2 N–H and O–H groups in total. The van der Waals surface area contributed by atoms with Gasteiger partial charge in [0.25, 0.3) is 0 Å². The van der Waals surface area contributed by atoms with E-state index >= 15 is 0 Å². The summed E-state index contributed by atoms with van der Waals surface area (Å²) in [6.45, 7) is 0.00404. The Bertz CT molecular complexity index is 483. The fourth-order valence-electron chi connectivity index (χ4n) is 0.890. The lowest BCUT2D eigenvalue weighted by Gasteiger charge is -2.00. The van der Waals surface area contributed by atoms with Crippen molar-refractivity contribution in [1.29, 1.82) is 0 Å². The molecule has 1 aromatic rings. The highest BCUT2D eigenvalue weighted by atomic mass is 35.5. The summed E-state index contributed by atoms with van der Waals surface area (Å²) in [5.74, 6) is 4.58. The van der Waals surface area contributed by atoms with E-state index in [-0.39, 0.29) is 22.8 Å². The second-order valence-corrected chi connectivity index (χ2v) is 2.95. The molecular formula is C9H6ClFN4. The minimum atomic E-state index is -0.512. The molecule has 0 saturated carbocycles. The number of benzene rings is 1. The van der Waals surface area contributed by atoms with Crippen LogP contribution in [0.5, 0.6) is 0 Å². The standard InChI is InChI=1S/C9H6ClFN4/c10-8-5-7(11)4-6(9(8)12)2-1-3-14-15-13/h4-5H,3,12H2. The molecule has 15 heavy (non-hydrogen) atoms. The first-order valence-electron chi connectivity index (χ1n) is 3.89. The lowest BCUT2D eigenvalue weighted by molar-refractivity contribution is 0.628. The van der Waals surface area contributed by atoms with Gasteiger partial charge >= 0.3 is 0 Å². The zero-order valence-electron chi connectivity index (χ0n) is 7.54. The number of halogens is 2. The van der Waals surface area contributed by atoms with Crippen molar-refractivity contribution in [3.63, 3.8) is 0 Å². The lowest BCUT2D eigenvalue weighted by atomic mass is 10.2. The highest BCUT2D eigenvalue weighted by Crippen LogP contribution is 2.23. The monoisotopic (exact) mass is 224 g/mol. The summed E-state index contributed by atoms with van der Waals surface area (Å²) in [5.41, 5.74) is 14.1. The number of hydrogen-bond donors (Lipinski definition) is 1. The predicted octanol–water partition coefficient (Wildman–Crippen LogP) is 2.72. The average Bonchev–Trinajstić information content (AvgIpc) is 2.19. The average molecular weight is 225 g/mol. The number of nitrogens with zero attached hydrogens (tertiary/aromatic N) is 3. The molecule has 0 unspecified atom stereocenters. The molecule has 0 aliphatic rings. The van der Waals surface area contributed by atoms with Gasteiger partial charge in [0.1, 0.15) is 5.82 Å². The maximum absolute atomic E-state index is 12.9.